The second-order valence-electron chi connectivity index (χ2n) is 9.50. The van der Waals surface area contributed by atoms with Crippen LogP contribution in [0.1, 0.15) is 17.8 Å². The Labute approximate surface area is 229 Å². The third kappa shape index (κ3) is 5.07. The number of hydrogen-bond donors (Lipinski definition) is 4. The fraction of sp³-hybridized carbons (Fsp3) is 0.500. The van der Waals surface area contributed by atoms with E-state index in [2.05, 4.69) is 10.2 Å². The second kappa shape index (κ2) is 10.1. The van der Waals surface area contributed by atoms with Gasteiger partial charge in [0.25, 0.3) is 5.91 Å². The number of rotatable bonds is 7. The molecule has 0 bridgehead atoms. The van der Waals surface area contributed by atoms with Crippen molar-refractivity contribution in [2.45, 2.75) is 61.8 Å². The number of carbonyl (C=O) groups excluding carboxylic acids is 2. The number of aliphatic carboxylic acids is 1. The number of imide groups is 1. The number of amides is 3. The number of hydrogen-bond acceptors (Lipinski definition) is 11. The standard InChI is InChI=1S/C22H19F5N4O9S/c23-8-2-1-7(10(24)14(8)39-18-13(34)11(32)12(33)15(40-18)17(35)36)16-29-28-9(41-16)5-31-20(38)30(6-22(25,26)27)19(37)21(31)3-4-21/h1-2,11-13,15,18,32-34H,3-6H2,(H,35,36)/t11-,12-,13+,15-,18+/m0/s1. The Hall–Kier alpha value is -3.52. The van der Waals surface area contributed by atoms with Crippen LogP contribution >= 0.6 is 11.3 Å². The van der Waals surface area contributed by atoms with Crippen LogP contribution in [0, 0.1) is 11.6 Å². The lowest BCUT2D eigenvalue weighted by Crippen LogP contribution is -2.61. The molecular weight excluding hydrogens is 591 g/mol. The smallest absolute Gasteiger partial charge is 0.406 e. The zero-order valence-electron chi connectivity index (χ0n) is 20.3. The molecule has 0 radical (unpaired) electrons. The number of benzene rings is 1. The molecule has 2 aromatic rings. The molecule has 41 heavy (non-hydrogen) atoms. The first kappa shape index (κ1) is 29.0. The third-order valence-electron chi connectivity index (χ3n) is 6.77. The minimum Gasteiger partial charge on any atom is -0.479 e. The first-order chi connectivity index (χ1) is 19.1. The highest BCUT2D eigenvalue weighted by molar-refractivity contribution is 7.14. The molecule has 3 heterocycles. The lowest BCUT2D eigenvalue weighted by atomic mass is 9.99. The van der Waals surface area contributed by atoms with E-state index < -0.39 is 96.4 Å². The van der Waals surface area contributed by atoms with Crippen molar-refractivity contribution in [3.05, 3.63) is 28.8 Å². The van der Waals surface area contributed by atoms with Crippen molar-refractivity contribution in [1.29, 1.82) is 0 Å². The highest BCUT2D eigenvalue weighted by Crippen LogP contribution is 2.49. The zero-order chi connectivity index (χ0) is 30.0. The number of aliphatic hydroxyl groups excluding tert-OH is 3. The van der Waals surface area contributed by atoms with Crippen molar-refractivity contribution in [1.82, 2.24) is 20.0 Å². The van der Waals surface area contributed by atoms with Gasteiger partial charge in [-0.15, -0.1) is 10.2 Å². The topological polar surface area (TPSA) is 183 Å². The number of carbonyl (C=O) groups is 3. The predicted molar refractivity (Wildman–Crippen MR) is 121 cm³/mol. The summed E-state index contributed by atoms with van der Waals surface area (Å²) in [4.78, 5) is 37.5. The highest BCUT2D eigenvalue weighted by atomic mass is 32.1. The quantitative estimate of drug-likeness (QED) is 0.255. The van der Waals surface area contributed by atoms with Crippen molar-refractivity contribution >= 4 is 29.2 Å². The third-order valence-corrected chi connectivity index (χ3v) is 7.71. The summed E-state index contributed by atoms with van der Waals surface area (Å²) in [5.74, 6) is -6.61. The Kier molecular flexibility index (Phi) is 7.13. The van der Waals surface area contributed by atoms with Crippen molar-refractivity contribution in [2.24, 2.45) is 0 Å². The van der Waals surface area contributed by atoms with E-state index in [-0.39, 0.29) is 27.8 Å². The van der Waals surface area contributed by atoms with Gasteiger partial charge in [0.2, 0.25) is 6.29 Å². The second-order valence-corrected chi connectivity index (χ2v) is 10.6. The molecule has 13 nitrogen and oxygen atoms in total. The Bertz CT molecular complexity index is 1400. The van der Waals surface area contributed by atoms with Crippen LogP contribution in [0.15, 0.2) is 12.1 Å². The number of carboxylic acids is 1. The average molecular weight is 610 g/mol. The average Bonchev–Trinajstić information content (AvgIpc) is 3.53. The van der Waals surface area contributed by atoms with Gasteiger partial charge in [-0.2, -0.15) is 13.2 Å². The maximum Gasteiger partial charge on any atom is 0.406 e. The van der Waals surface area contributed by atoms with Gasteiger partial charge in [0.1, 0.15) is 35.4 Å². The SMILES string of the molecule is O=C(O)[C@H]1O[C@@H](Oc2c(F)ccc(-c3nnc(CN4C(=O)N(CC(F)(F)F)C(=O)C45CC5)s3)c2F)[C@H](O)[C@@H](O)[C@@H]1O. The molecule has 3 fully saturated rings. The van der Waals surface area contributed by atoms with Gasteiger partial charge >= 0.3 is 18.2 Å². The lowest BCUT2D eigenvalue weighted by molar-refractivity contribution is -0.271. The highest BCUT2D eigenvalue weighted by Gasteiger charge is 2.66. The summed E-state index contributed by atoms with van der Waals surface area (Å²) in [5, 5.41) is 46.3. The number of urea groups is 1. The van der Waals surface area contributed by atoms with Crippen LogP contribution < -0.4 is 4.74 Å². The van der Waals surface area contributed by atoms with E-state index in [4.69, 9.17) is 14.6 Å². The van der Waals surface area contributed by atoms with Crippen molar-refractivity contribution in [2.75, 3.05) is 6.54 Å². The summed E-state index contributed by atoms with van der Waals surface area (Å²) in [5.41, 5.74) is -1.84. The molecule has 1 saturated carbocycles. The summed E-state index contributed by atoms with van der Waals surface area (Å²) in [6.07, 6.45) is -15.0. The summed E-state index contributed by atoms with van der Waals surface area (Å²) in [6.45, 7) is -2.17. The largest absolute Gasteiger partial charge is 0.479 e. The molecule has 1 aromatic heterocycles. The van der Waals surface area contributed by atoms with Crippen LogP contribution in [0.3, 0.4) is 0 Å². The Morgan fingerprint density at radius 1 is 1.12 bits per heavy atom. The molecule has 4 N–H and O–H groups in total. The first-order valence-corrected chi connectivity index (χ1v) is 12.6. The molecule has 1 spiro atoms. The minimum absolute atomic E-state index is 0.0138. The van der Waals surface area contributed by atoms with E-state index in [0.29, 0.717) is 11.3 Å². The van der Waals surface area contributed by atoms with E-state index >= 15 is 4.39 Å². The lowest BCUT2D eigenvalue weighted by Gasteiger charge is -2.38. The van der Waals surface area contributed by atoms with Gasteiger partial charge in [0.15, 0.2) is 28.5 Å². The summed E-state index contributed by atoms with van der Waals surface area (Å²) < 4.78 is 78.5. The Morgan fingerprint density at radius 2 is 1.80 bits per heavy atom. The minimum atomic E-state index is -4.81. The molecule has 2 saturated heterocycles. The molecule has 222 valence electrons. The van der Waals surface area contributed by atoms with Gasteiger partial charge in [-0.3, -0.25) is 9.69 Å². The number of carboxylic acid groups (broad SMARTS) is 1. The zero-order valence-corrected chi connectivity index (χ0v) is 21.1. The van der Waals surface area contributed by atoms with Gasteiger partial charge < -0.3 is 34.8 Å². The van der Waals surface area contributed by atoms with Crippen LogP contribution in [0.25, 0.3) is 10.6 Å². The number of aliphatic hydroxyl groups is 3. The number of nitrogens with zero attached hydrogens (tertiary/aromatic N) is 4. The van der Waals surface area contributed by atoms with Crippen molar-refractivity contribution < 1.29 is 66.2 Å². The number of ether oxygens (including phenoxy) is 2. The number of halogens is 5. The molecular formula is C22H19F5N4O9S. The summed E-state index contributed by atoms with van der Waals surface area (Å²) in [7, 11) is 0. The van der Waals surface area contributed by atoms with Crippen LogP contribution in [-0.4, -0.2) is 107 Å². The molecule has 3 amide bonds. The van der Waals surface area contributed by atoms with Crippen LogP contribution in [0.4, 0.5) is 26.7 Å². The molecule has 2 aliphatic heterocycles. The van der Waals surface area contributed by atoms with Gasteiger partial charge in [-0.05, 0) is 25.0 Å². The van der Waals surface area contributed by atoms with E-state index in [1.165, 1.54) is 0 Å². The molecule has 5 atom stereocenters. The fourth-order valence-corrected chi connectivity index (χ4v) is 5.40. The van der Waals surface area contributed by atoms with Gasteiger partial charge in [-0.1, -0.05) is 11.3 Å². The molecule has 5 rings (SSSR count). The van der Waals surface area contributed by atoms with Gasteiger partial charge in [0, 0.05) is 0 Å². The van der Waals surface area contributed by atoms with Crippen molar-refractivity contribution in [3.8, 4) is 16.3 Å². The monoisotopic (exact) mass is 610 g/mol. The molecule has 1 aliphatic carbocycles. The Balaban J connectivity index is 1.37. The summed E-state index contributed by atoms with van der Waals surface area (Å²) >= 11 is 0.682. The molecule has 1 aromatic carbocycles. The Morgan fingerprint density at radius 3 is 2.41 bits per heavy atom. The summed E-state index contributed by atoms with van der Waals surface area (Å²) in [6, 6.07) is 0.514. The molecule has 0 unspecified atom stereocenters. The van der Waals surface area contributed by atoms with Crippen LogP contribution in [0.5, 0.6) is 5.75 Å². The first-order valence-electron chi connectivity index (χ1n) is 11.7. The molecule has 3 aliphatic rings. The van der Waals surface area contributed by atoms with E-state index in [1.807, 2.05) is 0 Å². The fourth-order valence-electron chi connectivity index (χ4n) is 4.56. The van der Waals surface area contributed by atoms with E-state index in [9.17, 15) is 47.3 Å². The van der Waals surface area contributed by atoms with Gasteiger partial charge in [0.05, 0.1) is 12.1 Å². The predicted octanol–water partition coefficient (Wildman–Crippen LogP) is 0.613. The maximum absolute atomic E-state index is 15.4. The van der Waals surface area contributed by atoms with Crippen LogP contribution in [-0.2, 0) is 20.9 Å². The molecule has 19 heteroatoms. The van der Waals surface area contributed by atoms with E-state index in [1.54, 1.807) is 0 Å². The van der Waals surface area contributed by atoms with Gasteiger partial charge in [-0.25, -0.2) is 18.4 Å². The van der Waals surface area contributed by atoms with Crippen molar-refractivity contribution in [3.63, 3.8) is 0 Å². The van der Waals surface area contributed by atoms with Crippen LogP contribution in [0.2, 0.25) is 0 Å². The maximum atomic E-state index is 15.4. The number of alkyl halides is 3. The van der Waals surface area contributed by atoms with E-state index in [0.717, 1.165) is 17.0 Å². The number of aromatic nitrogens is 2. The normalized spacial score (nSPS) is 27.6.